The molecule has 0 unspecified atom stereocenters. The number of aryl methyl sites for hydroxylation is 2. The lowest BCUT2D eigenvalue weighted by Gasteiger charge is -2.15. The molecular formula is C27H25IN2O3. The maximum atomic E-state index is 12.6. The van der Waals surface area contributed by atoms with Crippen LogP contribution in [0.15, 0.2) is 66.2 Å². The van der Waals surface area contributed by atoms with Crippen molar-refractivity contribution in [1.29, 1.82) is 5.26 Å². The number of hydrogen-bond donors (Lipinski definition) is 1. The highest BCUT2D eigenvalue weighted by Crippen LogP contribution is 2.35. The van der Waals surface area contributed by atoms with E-state index in [1.807, 2.05) is 37.3 Å². The van der Waals surface area contributed by atoms with Crippen molar-refractivity contribution < 1.29 is 14.3 Å². The van der Waals surface area contributed by atoms with Crippen LogP contribution in [0.5, 0.6) is 11.5 Å². The average Bonchev–Trinajstić information content (AvgIpc) is 2.77. The van der Waals surface area contributed by atoms with Crippen molar-refractivity contribution in [3.05, 3.63) is 92.1 Å². The third-order valence-electron chi connectivity index (χ3n) is 4.70. The Morgan fingerprint density at radius 2 is 1.76 bits per heavy atom. The van der Waals surface area contributed by atoms with Crippen LogP contribution in [-0.2, 0) is 11.4 Å². The fourth-order valence-electron chi connectivity index (χ4n) is 3.42. The topological polar surface area (TPSA) is 71.3 Å². The second kappa shape index (κ2) is 11.5. The van der Waals surface area contributed by atoms with Gasteiger partial charge in [-0.1, -0.05) is 47.5 Å². The van der Waals surface area contributed by atoms with Gasteiger partial charge in [0.15, 0.2) is 11.5 Å². The van der Waals surface area contributed by atoms with Crippen molar-refractivity contribution in [3.8, 4) is 17.6 Å². The maximum Gasteiger partial charge on any atom is 0.266 e. The second-order valence-corrected chi connectivity index (χ2v) is 8.70. The summed E-state index contributed by atoms with van der Waals surface area (Å²) in [7, 11) is 0. The van der Waals surface area contributed by atoms with Gasteiger partial charge in [-0.05, 0) is 84.8 Å². The van der Waals surface area contributed by atoms with Gasteiger partial charge in [-0.15, -0.1) is 0 Å². The Morgan fingerprint density at radius 3 is 2.39 bits per heavy atom. The molecule has 1 amide bonds. The monoisotopic (exact) mass is 552 g/mol. The van der Waals surface area contributed by atoms with Gasteiger partial charge in [0.25, 0.3) is 5.91 Å². The summed E-state index contributed by atoms with van der Waals surface area (Å²) in [5, 5.41) is 12.3. The average molecular weight is 552 g/mol. The standard InChI is InChI=1S/C27H25IN2O3/c1-4-32-25-15-20(13-22(16-29)27(31)30-23-8-6-5-7-9-23)14-24(28)26(25)33-17-21-11-18(2)10-19(3)12-21/h5-15H,4,17H2,1-3H3,(H,30,31)/b22-13+. The van der Waals surface area contributed by atoms with Crippen molar-refractivity contribution in [3.63, 3.8) is 0 Å². The molecule has 0 aliphatic rings. The number of nitriles is 1. The van der Waals surface area contributed by atoms with E-state index in [0.29, 0.717) is 36.0 Å². The van der Waals surface area contributed by atoms with Crippen molar-refractivity contribution in [2.45, 2.75) is 27.4 Å². The van der Waals surface area contributed by atoms with E-state index >= 15 is 0 Å². The molecule has 0 atom stereocenters. The van der Waals surface area contributed by atoms with Gasteiger partial charge in [0.1, 0.15) is 18.2 Å². The SMILES string of the molecule is CCOc1cc(/C=C(\C#N)C(=O)Nc2ccccc2)cc(I)c1OCc1cc(C)cc(C)c1. The number of para-hydroxylation sites is 1. The number of nitrogens with one attached hydrogen (secondary N) is 1. The number of hydrogen-bond acceptors (Lipinski definition) is 4. The van der Waals surface area contributed by atoms with Gasteiger partial charge in [0.2, 0.25) is 0 Å². The summed E-state index contributed by atoms with van der Waals surface area (Å²) in [6.45, 7) is 6.90. The molecule has 0 spiro atoms. The van der Waals surface area contributed by atoms with Gasteiger partial charge in [0, 0.05) is 5.69 Å². The lowest BCUT2D eigenvalue weighted by Crippen LogP contribution is -2.13. The highest BCUT2D eigenvalue weighted by atomic mass is 127. The van der Waals surface area contributed by atoms with Crippen LogP contribution < -0.4 is 14.8 Å². The Morgan fingerprint density at radius 1 is 1.06 bits per heavy atom. The van der Waals surface area contributed by atoms with Gasteiger partial charge >= 0.3 is 0 Å². The summed E-state index contributed by atoms with van der Waals surface area (Å²) in [6.07, 6.45) is 1.55. The predicted octanol–water partition coefficient (Wildman–Crippen LogP) is 6.43. The third-order valence-corrected chi connectivity index (χ3v) is 5.51. The third kappa shape index (κ3) is 6.83. The van der Waals surface area contributed by atoms with E-state index in [9.17, 15) is 10.1 Å². The summed E-state index contributed by atoms with van der Waals surface area (Å²) >= 11 is 2.18. The molecule has 3 aromatic carbocycles. The zero-order chi connectivity index (χ0) is 23.8. The molecule has 3 rings (SSSR count). The molecule has 0 fully saturated rings. The van der Waals surface area contributed by atoms with E-state index < -0.39 is 5.91 Å². The first-order valence-corrected chi connectivity index (χ1v) is 11.6. The number of nitrogens with zero attached hydrogens (tertiary/aromatic N) is 1. The van der Waals surface area contributed by atoms with Crippen LogP contribution in [0, 0.1) is 28.7 Å². The largest absolute Gasteiger partial charge is 0.490 e. The van der Waals surface area contributed by atoms with Crippen molar-refractivity contribution >= 4 is 40.3 Å². The van der Waals surface area contributed by atoms with Crippen LogP contribution in [0.4, 0.5) is 5.69 Å². The molecule has 6 heteroatoms. The summed E-state index contributed by atoms with van der Waals surface area (Å²) < 4.78 is 12.8. The highest BCUT2D eigenvalue weighted by molar-refractivity contribution is 14.1. The second-order valence-electron chi connectivity index (χ2n) is 7.54. The fraction of sp³-hybridized carbons (Fsp3) is 0.185. The lowest BCUT2D eigenvalue weighted by molar-refractivity contribution is -0.112. The fourth-order valence-corrected chi connectivity index (χ4v) is 4.20. The van der Waals surface area contributed by atoms with Gasteiger partial charge in [-0.3, -0.25) is 4.79 Å². The Labute approximate surface area is 208 Å². The Hall–Kier alpha value is -3.31. The van der Waals surface area contributed by atoms with Crippen molar-refractivity contribution in [1.82, 2.24) is 0 Å². The molecule has 0 aliphatic carbocycles. The van der Waals surface area contributed by atoms with Crippen LogP contribution >= 0.6 is 22.6 Å². The van der Waals surface area contributed by atoms with Crippen LogP contribution in [0.2, 0.25) is 0 Å². The minimum atomic E-state index is -0.466. The zero-order valence-corrected chi connectivity index (χ0v) is 21.0. The molecule has 5 nitrogen and oxygen atoms in total. The number of halogens is 1. The number of anilines is 1. The number of rotatable bonds is 8. The Kier molecular flexibility index (Phi) is 8.50. The molecule has 0 saturated heterocycles. The van der Waals surface area contributed by atoms with E-state index in [-0.39, 0.29) is 5.57 Å². The number of carbonyl (C=O) groups excluding carboxylic acids is 1. The predicted molar refractivity (Wildman–Crippen MR) is 139 cm³/mol. The highest BCUT2D eigenvalue weighted by Gasteiger charge is 2.15. The van der Waals surface area contributed by atoms with E-state index in [1.165, 1.54) is 11.1 Å². The van der Waals surface area contributed by atoms with Crippen LogP contribution in [-0.4, -0.2) is 12.5 Å². The number of carbonyl (C=O) groups is 1. The minimum absolute atomic E-state index is 0.000931. The van der Waals surface area contributed by atoms with E-state index in [0.717, 1.165) is 9.13 Å². The molecule has 0 bridgehead atoms. The van der Waals surface area contributed by atoms with Crippen LogP contribution in [0.3, 0.4) is 0 Å². The van der Waals surface area contributed by atoms with Gasteiger partial charge in [0.05, 0.1) is 10.2 Å². The van der Waals surface area contributed by atoms with Gasteiger partial charge < -0.3 is 14.8 Å². The van der Waals surface area contributed by atoms with Gasteiger partial charge in [-0.25, -0.2) is 0 Å². The summed E-state index contributed by atoms with van der Waals surface area (Å²) in [6, 6.07) is 21.0. The van der Waals surface area contributed by atoms with Crippen molar-refractivity contribution in [2.24, 2.45) is 0 Å². The molecular weight excluding hydrogens is 527 g/mol. The molecule has 3 aromatic rings. The van der Waals surface area contributed by atoms with Gasteiger partial charge in [-0.2, -0.15) is 5.26 Å². The van der Waals surface area contributed by atoms with E-state index in [4.69, 9.17) is 9.47 Å². The zero-order valence-electron chi connectivity index (χ0n) is 18.8. The first-order valence-electron chi connectivity index (χ1n) is 10.5. The normalized spacial score (nSPS) is 10.9. The number of ether oxygens (including phenoxy) is 2. The first kappa shape index (κ1) is 24.3. The molecule has 0 saturated carbocycles. The summed E-state index contributed by atoms with van der Waals surface area (Å²) in [5.41, 5.74) is 4.77. The quantitative estimate of drug-likeness (QED) is 0.199. The molecule has 33 heavy (non-hydrogen) atoms. The molecule has 1 N–H and O–H groups in total. The van der Waals surface area contributed by atoms with Crippen molar-refractivity contribution in [2.75, 3.05) is 11.9 Å². The summed E-state index contributed by atoms with van der Waals surface area (Å²) in [4.78, 5) is 12.6. The molecule has 0 heterocycles. The van der Waals surface area contributed by atoms with E-state index in [2.05, 4.69) is 60.0 Å². The first-order chi connectivity index (χ1) is 15.9. The smallest absolute Gasteiger partial charge is 0.266 e. The molecule has 0 aromatic heterocycles. The Bertz CT molecular complexity index is 1190. The van der Waals surface area contributed by atoms with E-state index in [1.54, 1.807) is 24.3 Å². The lowest BCUT2D eigenvalue weighted by atomic mass is 10.1. The number of benzene rings is 3. The minimum Gasteiger partial charge on any atom is -0.490 e. The Balaban J connectivity index is 1.85. The number of amides is 1. The summed E-state index contributed by atoms with van der Waals surface area (Å²) in [5.74, 6) is 0.744. The maximum absolute atomic E-state index is 12.6. The van der Waals surface area contributed by atoms with Crippen LogP contribution in [0.25, 0.3) is 6.08 Å². The molecule has 0 aliphatic heterocycles. The van der Waals surface area contributed by atoms with Crippen LogP contribution in [0.1, 0.15) is 29.2 Å². The molecule has 0 radical (unpaired) electrons. The molecule has 168 valence electrons.